The molecule has 1 aromatic heterocycles. The third kappa shape index (κ3) is 4.97. The topological polar surface area (TPSA) is 34.4 Å². The number of benzene rings is 1. The first-order valence-electron chi connectivity index (χ1n) is 7.66. The number of halogens is 1. The first kappa shape index (κ1) is 16.7. The second-order valence-corrected chi connectivity index (χ2v) is 5.96. The molecule has 1 unspecified atom stereocenters. The molecule has 0 aliphatic rings. The number of ether oxygens (including phenoxy) is 1. The quantitative estimate of drug-likeness (QED) is 0.792. The lowest BCUT2D eigenvalue weighted by atomic mass is 10.1. The molecular weight excluding hydrogens is 281 g/mol. The lowest BCUT2D eigenvalue weighted by Crippen LogP contribution is -2.25. The van der Waals surface area contributed by atoms with Crippen molar-refractivity contribution in [1.29, 1.82) is 0 Å². The van der Waals surface area contributed by atoms with Gasteiger partial charge in [-0.2, -0.15) is 0 Å². The highest BCUT2D eigenvalue weighted by Gasteiger charge is 2.14. The van der Waals surface area contributed by atoms with Crippen LogP contribution in [0.2, 0.25) is 0 Å². The summed E-state index contributed by atoms with van der Waals surface area (Å²) < 4.78 is 24.5. The molecule has 4 heteroatoms. The van der Waals surface area contributed by atoms with Crippen LogP contribution in [0, 0.1) is 18.7 Å². The van der Waals surface area contributed by atoms with Crippen LogP contribution in [-0.4, -0.2) is 13.2 Å². The smallest absolute Gasteiger partial charge is 0.126 e. The van der Waals surface area contributed by atoms with Crippen molar-refractivity contribution in [3.63, 3.8) is 0 Å². The van der Waals surface area contributed by atoms with Crippen molar-refractivity contribution in [3.8, 4) is 0 Å². The van der Waals surface area contributed by atoms with E-state index in [0.29, 0.717) is 31.2 Å². The van der Waals surface area contributed by atoms with Gasteiger partial charge in [-0.15, -0.1) is 0 Å². The molecule has 1 atom stereocenters. The highest BCUT2D eigenvalue weighted by atomic mass is 19.1. The molecule has 0 amide bonds. The highest BCUT2D eigenvalue weighted by Crippen LogP contribution is 2.16. The summed E-state index contributed by atoms with van der Waals surface area (Å²) in [5.74, 6) is 1.17. The van der Waals surface area contributed by atoms with Crippen LogP contribution in [0.5, 0.6) is 0 Å². The van der Waals surface area contributed by atoms with Crippen molar-refractivity contribution in [1.82, 2.24) is 5.32 Å². The van der Waals surface area contributed by atoms with Crippen molar-refractivity contribution in [2.75, 3.05) is 13.2 Å². The number of aryl methyl sites for hydroxylation is 1. The number of furan rings is 1. The zero-order valence-corrected chi connectivity index (χ0v) is 13.4. The Morgan fingerprint density at radius 1 is 1.23 bits per heavy atom. The van der Waals surface area contributed by atoms with Crippen LogP contribution in [0.25, 0.3) is 0 Å². The molecule has 1 heterocycles. The third-order valence-electron chi connectivity index (χ3n) is 3.40. The van der Waals surface area contributed by atoms with Gasteiger partial charge in [0.15, 0.2) is 0 Å². The Bertz CT molecular complexity index is 566. The van der Waals surface area contributed by atoms with E-state index in [1.165, 1.54) is 6.07 Å². The lowest BCUT2D eigenvalue weighted by Gasteiger charge is -2.18. The van der Waals surface area contributed by atoms with Gasteiger partial charge in [-0.25, -0.2) is 4.39 Å². The van der Waals surface area contributed by atoms with Gasteiger partial charge in [-0.3, -0.25) is 0 Å². The Kier molecular flexibility index (Phi) is 6.16. The van der Waals surface area contributed by atoms with Crippen molar-refractivity contribution < 1.29 is 13.5 Å². The van der Waals surface area contributed by atoms with Crippen molar-refractivity contribution >= 4 is 0 Å². The molecule has 0 aliphatic heterocycles. The van der Waals surface area contributed by atoms with Gasteiger partial charge in [-0.05, 0) is 42.2 Å². The third-order valence-corrected chi connectivity index (χ3v) is 3.40. The van der Waals surface area contributed by atoms with E-state index in [1.807, 2.05) is 18.2 Å². The summed E-state index contributed by atoms with van der Waals surface area (Å²) in [6.45, 7) is 7.92. The minimum Gasteiger partial charge on any atom is -0.468 e. The SMILES string of the molecule is Cc1cc(CNC(COCC(C)C)c2ccco2)ccc1F. The normalized spacial score (nSPS) is 12.8. The van der Waals surface area contributed by atoms with Gasteiger partial charge in [-0.1, -0.05) is 26.0 Å². The average Bonchev–Trinajstić information content (AvgIpc) is 3.00. The van der Waals surface area contributed by atoms with E-state index in [9.17, 15) is 4.39 Å². The fraction of sp³-hybridized carbons (Fsp3) is 0.444. The van der Waals surface area contributed by atoms with E-state index >= 15 is 0 Å². The molecule has 1 N–H and O–H groups in total. The van der Waals surface area contributed by atoms with Crippen LogP contribution < -0.4 is 5.32 Å². The van der Waals surface area contributed by atoms with Crippen molar-refractivity contribution in [2.45, 2.75) is 33.4 Å². The molecule has 0 bridgehead atoms. The highest BCUT2D eigenvalue weighted by molar-refractivity contribution is 5.24. The zero-order chi connectivity index (χ0) is 15.9. The summed E-state index contributed by atoms with van der Waals surface area (Å²) in [4.78, 5) is 0. The Labute approximate surface area is 131 Å². The van der Waals surface area contributed by atoms with Crippen molar-refractivity contribution in [3.05, 3.63) is 59.3 Å². The molecule has 1 aromatic carbocycles. The Morgan fingerprint density at radius 3 is 2.68 bits per heavy atom. The van der Waals surface area contributed by atoms with E-state index in [0.717, 1.165) is 11.3 Å². The molecule has 0 aliphatic carbocycles. The van der Waals surface area contributed by atoms with Crippen LogP contribution in [0.4, 0.5) is 4.39 Å². The predicted molar refractivity (Wildman–Crippen MR) is 85.1 cm³/mol. The second-order valence-electron chi connectivity index (χ2n) is 5.96. The summed E-state index contributed by atoms with van der Waals surface area (Å²) in [7, 11) is 0. The number of rotatable bonds is 8. The first-order chi connectivity index (χ1) is 10.6. The predicted octanol–water partition coefficient (Wildman–Crippen LogP) is 4.23. The van der Waals surface area contributed by atoms with E-state index in [2.05, 4.69) is 19.2 Å². The van der Waals surface area contributed by atoms with Crippen LogP contribution in [0.15, 0.2) is 41.0 Å². The molecule has 0 radical (unpaired) electrons. The molecule has 22 heavy (non-hydrogen) atoms. The molecule has 120 valence electrons. The fourth-order valence-electron chi connectivity index (χ4n) is 2.21. The number of hydrogen-bond acceptors (Lipinski definition) is 3. The molecule has 0 saturated heterocycles. The van der Waals surface area contributed by atoms with Crippen LogP contribution in [0.3, 0.4) is 0 Å². The Morgan fingerprint density at radius 2 is 2.05 bits per heavy atom. The standard InChI is InChI=1S/C18H24FNO2/c1-13(2)11-21-12-17(18-5-4-8-22-18)20-10-15-6-7-16(19)14(3)9-15/h4-9,13,17,20H,10-12H2,1-3H3. The molecule has 3 nitrogen and oxygen atoms in total. The maximum Gasteiger partial charge on any atom is 0.126 e. The van der Waals surface area contributed by atoms with Crippen LogP contribution in [-0.2, 0) is 11.3 Å². The molecule has 0 spiro atoms. The summed E-state index contributed by atoms with van der Waals surface area (Å²) in [6.07, 6.45) is 1.66. The van der Waals surface area contributed by atoms with Gasteiger partial charge in [0, 0.05) is 13.2 Å². The first-order valence-corrected chi connectivity index (χ1v) is 7.66. The van der Waals surface area contributed by atoms with Crippen LogP contribution in [0.1, 0.15) is 36.8 Å². The Balaban J connectivity index is 1.95. The van der Waals surface area contributed by atoms with Gasteiger partial charge in [0.05, 0.1) is 18.9 Å². The minimum atomic E-state index is -0.174. The average molecular weight is 305 g/mol. The largest absolute Gasteiger partial charge is 0.468 e. The van der Waals surface area contributed by atoms with Gasteiger partial charge in [0.1, 0.15) is 11.6 Å². The lowest BCUT2D eigenvalue weighted by molar-refractivity contribution is 0.0844. The maximum absolute atomic E-state index is 13.3. The summed E-state index contributed by atoms with van der Waals surface area (Å²) in [5, 5.41) is 3.42. The molecular formula is C18H24FNO2. The second kappa shape index (κ2) is 8.11. The van der Waals surface area contributed by atoms with Crippen LogP contribution >= 0.6 is 0 Å². The molecule has 2 aromatic rings. The van der Waals surface area contributed by atoms with E-state index in [-0.39, 0.29) is 11.9 Å². The summed E-state index contributed by atoms with van der Waals surface area (Å²) in [5.41, 5.74) is 1.70. The summed E-state index contributed by atoms with van der Waals surface area (Å²) in [6, 6.07) is 8.95. The van der Waals surface area contributed by atoms with E-state index in [1.54, 1.807) is 19.3 Å². The minimum absolute atomic E-state index is 0.0147. The maximum atomic E-state index is 13.3. The Hall–Kier alpha value is -1.65. The fourth-order valence-corrected chi connectivity index (χ4v) is 2.21. The van der Waals surface area contributed by atoms with E-state index in [4.69, 9.17) is 9.15 Å². The van der Waals surface area contributed by atoms with Gasteiger partial charge >= 0.3 is 0 Å². The van der Waals surface area contributed by atoms with Crippen molar-refractivity contribution in [2.24, 2.45) is 5.92 Å². The van der Waals surface area contributed by atoms with E-state index < -0.39 is 0 Å². The van der Waals surface area contributed by atoms with Gasteiger partial charge < -0.3 is 14.5 Å². The molecule has 2 rings (SSSR count). The van der Waals surface area contributed by atoms with Gasteiger partial charge in [0.25, 0.3) is 0 Å². The number of hydrogen-bond donors (Lipinski definition) is 1. The molecule has 0 saturated carbocycles. The van der Waals surface area contributed by atoms with Gasteiger partial charge in [0.2, 0.25) is 0 Å². The number of nitrogens with one attached hydrogen (secondary N) is 1. The molecule has 0 fully saturated rings. The summed E-state index contributed by atoms with van der Waals surface area (Å²) >= 11 is 0. The zero-order valence-electron chi connectivity index (χ0n) is 13.4. The monoisotopic (exact) mass is 305 g/mol.